The van der Waals surface area contributed by atoms with Crippen molar-refractivity contribution in [2.24, 2.45) is 0 Å². The van der Waals surface area contributed by atoms with Crippen molar-refractivity contribution in [3.05, 3.63) is 53.7 Å². The number of nitrogens with one attached hydrogen (secondary N) is 1. The lowest BCUT2D eigenvalue weighted by atomic mass is 9.99. The van der Waals surface area contributed by atoms with Gasteiger partial charge in [0.15, 0.2) is 0 Å². The summed E-state index contributed by atoms with van der Waals surface area (Å²) in [5.74, 6) is 1.65. The molecule has 1 saturated heterocycles. The molecule has 1 amide bonds. The maximum Gasteiger partial charge on any atom is 0.254 e. The number of benzene rings is 1. The van der Waals surface area contributed by atoms with Crippen molar-refractivity contribution in [2.45, 2.75) is 45.2 Å². The zero-order valence-electron chi connectivity index (χ0n) is 15.6. The van der Waals surface area contributed by atoms with Crippen LogP contribution in [0.25, 0.3) is 0 Å². The van der Waals surface area contributed by atoms with Gasteiger partial charge in [-0.05, 0) is 43.9 Å². The van der Waals surface area contributed by atoms with Gasteiger partial charge >= 0.3 is 0 Å². The quantitative estimate of drug-likeness (QED) is 0.849. The number of para-hydroxylation sites is 1. The Hall–Kier alpha value is -2.56. The molecule has 138 valence electrons. The van der Waals surface area contributed by atoms with E-state index < -0.39 is 0 Å². The Balaban J connectivity index is 1.70. The molecule has 1 aliphatic rings. The highest BCUT2D eigenvalue weighted by atomic mass is 16.5. The average molecular weight is 353 g/mol. The van der Waals surface area contributed by atoms with E-state index in [9.17, 15) is 4.79 Å². The lowest BCUT2D eigenvalue weighted by molar-refractivity contribution is 0.0608. The number of carbonyl (C=O) groups is 1. The zero-order chi connectivity index (χ0) is 18.4. The van der Waals surface area contributed by atoms with Crippen LogP contribution in [0.5, 0.6) is 5.75 Å². The molecule has 2 aromatic rings. The minimum atomic E-state index is 0.110. The Morgan fingerprint density at radius 2 is 2.15 bits per heavy atom. The van der Waals surface area contributed by atoms with Crippen LogP contribution in [0.1, 0.15) is 48.5 Å². The van der Waals surface area contributed by atoms with E-state index >= 15 is 0 Å². The molecule has 5 nitrogen and oxygen atoms in total. The number of methoxy groups -OCH3 is 1. The highest BCUT2D eigenvalue weighted by Crippen LogP contribution is 2.23. The average Bonchev–Trinajstić information content (AvgIpc) is 2.72. The van der Waals surface area contributed by atoms with Crippen LogP contribution in [-0.4, -0.2) is 35.5 Å². The first-order valence-electron chi connectivity index (χ1n) is 9.35. The molecule has 1 fully saturated rings. The lowest BCUT2D eigenvalue weighted by Crippen LogP contribution is -2.43. The summed E-state index contributed by atoms with van der Waals surface area (Å²) in [6.45, 7) is 3.60. The van der Waals surface area contributed by atoms with Gasteiger partial charge in [-0.15, -0.1) is 0 Å². The molecule has 0 radical (unpaired) electrons. The molecule has 26 heavy (non-hydrogen) atoms. The van der Waals surface area contributed by atoms with Gasteiger partial charge in [0, 0.05) is 36.5 Å². The molecule has 1 atom stereocenters. The van der Waals surface area contributed by atoms with Gasteiger partial charge in [-0.25, -0.2) is 4.98 Å². The lowest BCUT2D eigenvalue weighted by Gasteiger charge is -2.35. The fourth-order valence-electron chi connectivity index (χ4n) is 3.55. The van der Waals surface area contributed by atoms with Gasteiger partial charge in [0.05, 0.1) is 7.11 Å². The van der Waals surface area contributed by atoms with E-state index in [1.54, 1.807) is 19.4 Å². The highest BCUT2D eigenvalue weighted by molar-refractivity contribution is 5.95. The van der Waals surface area contributed by atoms with Crippen LogP contribution in [0.3, 0.4) is 0 Å². The van der Waals surface area contributed by atoms with Gasteiger partial charge in [-0.3, -0.25) is 4.79 Å². The molecule has 0 spiro atoms. The number of carbonyl (C=O) groups excluding carboxylic acids is 1. The summed E-state index contributed by atoms with van der Waals surface area (Å²) in [4.78, 5) is 19.3. The Morgan fingerprint density at radius 3 is 2.96 bits per heavy atom. The first-order valence-corrected chi connectivity index (χ1v) is 9.35. The van der Waals surface area contributed by atoms with E-state index in [-0.39, 0.29) is 5.91 Å². The van der Waals surface area contributed by atoms with Gasteiger partial charge in [0.25, 0.3) is 5.91 Å². The zero-order valence-corrected chi connectivity index (χ0v) is 15.6. The number of hydrogen-bond donors (Lipinski definition) is 1. The van der Waals surface area contributed by atoms with Crippen LogP contribution in [-0.2, 0) is 6.54 Å². The molecule has 0 aliphatic carbocycles. The Morgan fingerprint density at radius 1 is 1.31 bits per heavy atom. The molecule has 1 aromatic carbocycles. The third-order valence-corrected chi connectivity index (χ3v) is 5.02. The largest absolute Gasteiger partial charge is 0.496 e. The minimum absolute atomic E-state index is 0.110. The Kier molecular flexibility index (Phi) is 6.10. The van der Waals surface area contributed by atoms with E-state index in [0.29, 0.717) is 24.0 Å². The second-order valence-electron chi connectivity index (χ2n) is 6.65. The van der Waals surface area contributed by atoms with Crippen LogP contribution in [0.4, 0.5) is 5.82 Å². The summed E-state index contributed by atoms with van der Waals surface area (Å²) in [6.07, 6.45) is 6.11. The summed E-state index contributed by atoms with van der Waals surface area (Å²) >= 11 is 0. The molecule has 1 aromatic heterocycles. The molecule has 1 aliphatic heterocycles. The summed E-state index contributed by atoms with van der Waals surface area (Å²) in [6, 6.07) is 11.9. The Labute approximate surface area is 155 Å². The molecular weight excluding hydrogens is 326 g/mol. The van der Waals surface area contributed by atoms with Crippen LogP contribution < -0.4 is 10.1 Å². The van der Waals surface area contributed by atoms with E-state index in [4.69, 9.17) is 4.74 Å². The van der Waals surface area contributed by atoms with Crippen molar-refractivity contribution < 1.29 is 9.53 Å². The molecule has 3 rings (SSSR count). The SMILES string of the molecule is CCC1CCCCN1C(=O)c1ccnc(NCc2ccccc2OC)c1. The summed E-state index contributed by atoms with van der Waals surface area (Å²) < 4.78 is 5.38. The number of piperidine rings is 1. The third kappa shape index (κ3) is 4.15. The maximum atomic E-state index is 12.9. The van der Waals surface area contributed by atoms with Gasteiger partial charge in [0.1, 0.15) is 11.6 Å². The van der Waals surface area contributed by atoms with Crippen molar-refractivity contribution in [3.63, 3.8) is 0 Å². The molecule has 1 N–H and O–H groups in total. The standard InChI is InChI=1S/C21H27N3O2/c1-3-18-9-6-7-13-24(18)21(25)16-11-12-22-20(14-16)23-15-17-8-4-5-10-19(17)26-2/h4-5,8,10-12,14,18H,3,6-7,9,13,15H2,1-2H3,(H,22,23). The van der Waals surface area contributed by atoms with E-state index in [0.717, 1.165) is 37.1 Å². The van der Waals surface area contributed by atoms with Gasteiger partial charge in [-0.1, -0.05) is 25.1 Å². The fraction of sp³-hybridized carbons (Fsp3) is 0.429. The number of hydrogen-bond acceptors (Lipinski definition) is 4. The topological polar surface area (TPSA) is 54.5 Å². The number of likely N-dealkylation sites (tertiary alicyclic amines) is 1. The molecule has 0 bridgehead atoms. The second kappa shape index (κ2) is 8.70. The van der Waals surface area contributed by atoms with Gasteiger partial charge in [0.2, 0.25) is 0 Å². The van der Waals surface area contributed by atoms with Gasteiger partial charge < -0.3 is 15.0 Å². The van der Waals surface area contributed by atoms with Crippen molar-refractivity contribution in [3.8, 4) is 5.75 Å². The van der Waals surface area contributed by atoms with Gasteiger partial charge in [-0.2, -0.15) is 0 Å². The van der Waals surface area contributed by atoms with Crippen molar-refractivity contribution >= 4 is 11.7 Å². The molecule has 2 heterocycles. The number of anilines is 1. The number of pyridine rings is 1. The first kappa shape index (κ1) is 18.2. The Bertz CT molecular complexity index is 748. The summed E-state index contributed by atoms with van der Waals surface area (Å²) in [5, 5.41) is 3.30. The number of amides is 1. The number of rotatable bonds is 6. The fourth-order valence-corrected chi connectivity index (χ4v) is 3.55. The van der Waals surface area contributed by atoms with Crippen LogP contribution in [0.15, 0.2) is 42.6 Å². The molecule has 5 heteroatoms. The van der Waals surface area contributed by atoms with E-state index in [1.165, 1.54) is 6.42 Å². The third-order valence-electron chi connectivity index (χ3n) is 5.02. The maximum absolute atomic E-state index is 12.9. The van der Waals surface area contributed by atoms with Crippen molar-refractivity contribution in [2.75, 3.05) is 19.0 Å². The van der Waals surface area contributed by atoms with Crippen molar-refractivity contribution in [1.82, 2.24) is 9.88 Å². The second-order valence-corrected chi connectivity index (χ2v) is 6.65. The smallest absolute Gasteiger partial charge is 0.254 e. The predicted molar refractivity (Wildman–Crippen MR) is 104 cm³/mol. The summed E-state index contributed by atoms with van der Waals surface area (Å²) in [7, 11) is 1.67. The predicted octanol–water partition coefficient (Wildman–Crippen LogP) is 4.11. The molecule has 0 saturated carbocycles. The van der Waals surface area contributed by atoms with Crippen LogP contribution >= 0.6 is 0 Å². The monoisotopic (exact) mass is 353 g/mol. The number of nitrogens with zero attached hydrogens (tertiary/aromatic N) is 2. The summed E-state index contributed by atoms with van der Waals surface area (Å²) in [5.41, 5.74) is 1.75. The number of aromatic nitrogens is 1. The first-order chi connectivity index (χ1) is 12.7. The van der Waals surface area contributed by atoms with Crippen LogP contribution in [0.2, 0.25) is 0 Å². The molecular formula is C21H27N3O2. The molecule has 1 unspecified atom stereocenters. The van der Waals surface area contributed by atoms with E-state index in [1.807, 2.05) is 35.2 Å². The minimum Gasteiger partial charge on any atom is -0.496 e. The normalized spacial score (nSPS) is 17.0. The van der Waals surface area contributed by atoms with E-state index in [2.05, 4.69) is 17.2 Å². The van der Waals surface area contributed by atoms with Crippen molar-refractivity contribution in [1.29, 1.82) is 0 Å². The van der Waals surface area contributed by atoms with Crippen LogP contribution in [0, 0.1) is 0 Å². The highest BCUT2D eigenvalue weighted by Gasteiger charge is 2.26. The number of ether oxygens (including phenoxy) is 1.